The Kier molecular flexibility index (Phi) is 7.67. The van der Waals surface area contributed by atoms with E-state index in [0.717, 1.165) is 5.56 Å². The summed E-state index contributed by atoms with van der Waals surface area (Å²) < 4.78 is 30.2. The number of hydrogen-bond acceptors (Lipinski definition) is 5. The largest absolute Gasteiger partial charge is 0.497 e. The van der Waals surface area contributed by atoms with Crippen LogP contribution in [0.4, 0.5) is 0 Å². The number of Topliss-reactive ketones (excluding diaryl/α,β-unsaturated/α-hetero) is 1. The Morgan fingerprint density at radius 2 is 1.39 bits per heavy atom. The van der Waals surface area contributed by atoms with Gasteiger partial charge in [0.1, 0.15) is 11.5 Å². The first-order chi connectivity index (χ1) is 15.0. The zero-order valence-corrected chi connectivity index (χ0v) is 18.9. The number of hydrogen-bond donors (Lipinski definition) is 0. The second-order valence-electron chi connectivity index (χ2n) is 7.03. The van der Waals surface area contributed by atoms with Gasteiger partial charge >= 0.3 is 0 Å². The second kappa shape index (κ2) is 10.4. The summed E-state index contributed by atoms with van der Waals surface area (Å²) in [5, 5.41) is 0.609. The van der Waals surface area contributed by atoms with E-state index >= 15 is 0 Å². The van der Waals surface area contributed by atoms with Crippen LogP contribution in [0.15, 0.2) is 78.9 Å². The summed E-state index contributed by atoms with van der Waals surface area (Å²) >= 11 is 0. The second-order valence-corrected chi connectivity index (χ2v) is 9.51. The molecule has 2 atom stereocenters. The van der Waals surface area contributed by atoms with Gasteiger partial charge in [-0.2, -0.15) is 0 Å². The summed E-state index contributed by atoms with van der Waals surface area (Å²) in [6, 6.07) is 23.3. The number of carbonyl (C=O) groups is 1. The van der Waals surface area contributed by atoms with Crippen LogP contribution in [0.5, 0.6) is 11.5 Å². The fourth-order valence-electron chi connectivity index (χ4n) is 3.47. The Morgan fingerprint density at radius 3 is 1.90 bits per heavy atom. The van der Waals surface area contributed by atoms with Crippen molar-refractivity contribution in [2.75, 3.05) is 27.0 Å². The first-order valence-electron chi connectivity index (χ1n) is 10.1. The van der Waals surface area contributed by atoms with E-state index in [1.807, 2.05) is 37.3 Å². The Balaban J connectivity index is 2.03. The van der Waals surface area contributed by atoms with Gasteiger partial charge in [-0.25, -0.2) is 0 Å². The number of methoxy groups -OCH3 is 2. The lowest BCUT2D eigenvalue weighted by molar-refractivity contribution is 0.0965. The zero-order valence-electron chi connectivity index (χ0n) is 18.0. The summed E-state index contributed by atoms with van der Waals surface area (Å²) in [6.07, 6.45) is 0.0715. The molecule has 0 spiro atoms. The molecule has 0 radical (unpaired) electrons. The van der Waals surface area contributed by atoms with Crippen LogP contribution < -0.4 is 14.8 Å². The summed E-state index contributed by atoms with van der Waals surface area (Å²) in [5.74, 6) is 0.595. The molecule has 31 heavy (non-hydrogen) atoms. The molecule has 0 aliphatic heterocycles. The summed E-state index contributed by atoms with van der Waals surface area (Å²) in [6.45, 7) is 2.10. The average molecular weight is 438 g/mol. The van der Waals surface area contributed by atoms with E-state index in [-0.39, 0.29) is 18.6 Å². The van der Waals surface area contributed by atoms with Crippen molar-refractivity contribution >= 4 is 18.5 Å². The first-order valence-corrected chi connectivity index (χ1v) is 11.9. The van der Waals surface area contributed by atoms with Crippen LogP contribution in [0.1, 0.15) is 28.8 Å². The minimum Gasteiger partial charge on any atom is -0.497 e. The SMILES string of the molecule is CCOP(=O)(CC(C(=O)c1ccc(OC)cc1)c1ccc(OC)cc1)c1ccccc1. The number of ketones is 1. The van der Waals surface area contributed by atoms with Gasteiger partial charge in [-0.05, 0) is 61.0 Å². The third-order valence-electron chi connectivity index (χ3n) is 5.12. The van der Waals surface area contributed by atoms with Gasteiger partial charge in [0.05, 0.1) is 26.7 Å². The topological polar surface area (TPSA) is 61.8 Å². The third-order valence-corrected chi connectivity index (χ3v) is 7.73. The van der Waals surface area contributed by atoms with Crippen molar-refractivity contribution < 1.29 is 23.4 Å². The van der Waals surface area contributed by atoms with E-state index in [9.17, 15) is 9.36 Å². The first kappa shape index (κ1) is 22.8. The summed E-state index contributed by atoms with van der Waals surface area (Å²) in [7, 11) is -0.109. The summed E-state index contributed by atoms with van der Waals surface area (Å²) in [4.78, 5) is 13.6. The van der Waals surface area contributed by atoms with Gasteiger partial charge < -0.3 is 14.0 Å². The molecule has 0 heterocycles. The zero-order chi connectivity index (χ0) is 22.3. The van der Waals surface area contributed by atoms with Crippen molar-refractivity contribution in [2.24, 2.45) is 0 Å². The monoisotopic (exact) mass is 438 g/mol. The maximum atomic E-state index is 13.9. The Bertz CT molecular complexity index is 1030. The van der Waals surface area contributed by atoms with Crippen LogP contribution in [-0.2, 0) is 9.09 Å². The predicted octanol–water partition coefficient (Wildman–Crippen LogP) is 5.31. The van der Waals surface area contributed by atoms with Crippen LogP contribution in [0.2, 0.25) is 0 Å². The van der Waals surface area contributed by atoms with Crippen LogP contribution in [0, 0.1) is 0 Å². The maximum Gasteiger partial charge on any atom is 0.233 e. The van der Waals surface area contributed by atoms with E-state index < -0.39 is 13.3 Å². The number of rotatable bonds is 10. The van der Waals surface area contributed by atoms with E-state index in [4.69, 9.17) is 14.0 Å². The van der Waals surface area contributed by atoms with Gasteiger partial charge in [0.2, 0.25) is 7.37 Å². The normalized spacial score (nSPS) is 13.8. The standard InChI is InChI=1S/C25H27O5P/c1-4-30-31(27,23-8-6-5-7-9-23)18-24(19-10-14-21(28-2)15-11-19)25(26)20-12-16-22(29-3)17-13-20/h5-17,24H,4,18H2,1-3H3. The Labute approximate surface area is 183 Å². The minimum absolute atomic E-state index is 0.0715. The molecule has 0 aliphatic rings. The molecular weight excluding hydrogens is 411 g/mol. The smallest absolute Gasteiger partial charge is 0.233 e. The number of ether oxygens (including phenoxy) is 2. The molecule has 5 nitrogen and oxygen atoms in total. The van der Waals surface area contributed by atoms with E-state index in [0.29, 0.717) is 22.4 Å². The minimum atomic E-state index is -3.28. The molecule has 162 valence electrons. The highest BCUT2D eigenvalue weighted by Crippen LogP contribution is 2.49. The molecule has 3 aromatic carbocycles. The lowest BCUT2D eigenvalue weighted by Crippen LogP contribution is -2.21. The van der Waals surface area contributed by atoms with Crippen molar-refractivity contribution in [3.8, 4) is 11.5 Å². The molecule has 0 fully saturated rings. The molecule has 0 aromatic heterocycles. The highest BCUT2D eigenvalue weighted by Gasteiger charge is 2.34. The van der Waals surface area contributed by atoms with E-state index in [1.54, 1.807) is 62.8 Å². The molecule has 0 amide bonds. The van der Waals surface area contributed by atoms with Crippen molar-refractivity contribution in [2.45, 2.75) is 12.8 Å². The molecule has 3 rings (SSSR count). The fourth-order valence-corrected chi connectivity index (χ4v) is 5.84. The van der Waals surface area contributed by atoms with Crippen molar-refractivity contribution in [3.63, 3.8) is 0 Å². The van der Waals surface area contributed by atoms with Crippen LogP contribution in [-0.4, -0.2) is 32.8 Å². The van der Waals surface area contributed by atoms with Gasteiger partial charge in [-0.1, -0.05) is 30.3 Å². The molecule has 2 unspecified atom stereocenters. The Morgan fingerprint density at radius 1 is 0.839 bits per heavy atom. The average Bonchev–Trinajstić information content (AvgIpc) is 2.83. The van der Waals surface area contributed by atoms with E-state index in [1.165, 1.54) is 0 Å². The molecule has 0 N–H and O–H groups in total. The number of benzene rings is 3. The molecule has 0 saturated carbocycles. The third kappa shape index (κ3) is 5.43. The maximum absolute atomic E-state index is 13.9. The van der Waals surface area contributed by atoms with Gasteiger partial charge in [0.25, 0.3) is 0 Å². The number of carbonyl (C=O) groups excluding carboxylic acids is 1. The molecule has 0 bridgehead atoms. The van der Waals surface area contributed by atoms with Crippen LogP contribution in [0.3, 0.4) is 0 Å². The van der Waals surface area contributed by atoms with Crippen molar-refractivity contribution in [3.05, 3.63) is 90.0 Å². The molecule has 3 aromatic rings. The predicted molar refractivity (Wildman–Crippen MR) is 123 cm³/mol. The highest BCUT2D eigenvalue weighted by molar-refractivity contribution is 7.67. The van der Waals surface area contributed by atoms with Gasteiger partial charge in [0, 0.05) is 17.0 Å². The molecule has 0 saturated heterocycles. The summed E-state index contributed by atoms with van der Waals surface area (Å²) in [5.41, 5.74) is 1.29. The van der Waals surface area contributed by atoms with Crippen LogP contribution in [0.25, 0.3) is 0 Å². The van der Waals surface area contributed by atoms with Crippen LogP contribution >= 0.6 is 7.37 Å². The van der Waals surface area contributed by atoms with E-state index in [2.05, 4.69) is 0 Å². The van der Waals surface area contributed by atoms with Crippen molar-refractivity contribution in [1.29, 1.82) is 0 Å². The van der Waals surface area contributed by atoms with Gasteiger partial charge in [-0.3, -0.25) is 9.36 Å². The molecule has 6 heteroatoms. The Hall–Kier alpha value is -2.88. The van der Waals surface area contributed by atoms with Gasteiger partial charge in [0.15, 0.2) is 5.78 Å². The lowest BCUT2D eigenvalue weighted by Gasteiger charge is -2.24. The van der Waals surface area contributed by atoms with Crippen molar-refractivity contribution in [1.82, 2.24) is 0 Å². The highest BCUT2D eigenvalue weighted by atomic mass is 31.2. The van der Waals surface area contributed by atoms with Gasteiger partial charge in [-0.15, -0.1) is 0 Å². The quantitative estimate of drug-likeness (QED) is 0.317. The molecule has 0 aliphatic carbocycles. The molecular formula is C25H27O5P. The lowest BCUT2D eigenvalue weighted by atomic mass is 9.92. The fraction of sp³-hybridized carbons (Fsp3) is 0.240.